The molecule has 0 rings (SSSR count). The number of hydrogen-bond donors (Lipinski definition) is 0. The highest BCUT2D eigenvalue weighted by Crippen LogP contribution is 2.30. The second-order valence-electron chi connectivity index (χ2n) is 4.46. The van der Waals surface area contributed by atoms with E-state index in [2.05, 4.69) is 27.7 Å². The van der Waals surface area contributed by atoms with Gasteiger partial charge in [-0.15, -0.1) is 0 Å². The van der Waals surface area contributed by atoms with Gasteiger partial charge < -0.3 is 4.74 Å². The number of carbonyl (C=O) groups excluding carboxylic acids is 1. The average Bonchev–Trinajstić information content (AvgIpc) is 1.98. The molecule has 0 heterocycles. The second-order valence-corrected chi connectivity index (χ2v) is 4.46. The fourth-order valence-electron chi connectivity index (χ4n) is 1.44. The molecule has 0 aromatic heterocycles. The van der Waals surface area contributed by atoms with E-state index >= 15 is 0 Å². The lowest BCUT2D eigenvalue weighted by atomic mass is 9.78. The summed E-state index contributed by atoms with van der Waals surface area (Å²) in [7, 11) is 0. The molecule has 0 aliphatic rings. The van der Waals surface area contributed by atoms with Gasteiger partial charge in [0.25, 0.3) is 0 Å². The van der Waals surface area contributed by atoms with Crippen LogP contribution < -0.4 is 0 Å². The van der Waals surface area contributed by atoms with Crippen LogP contribution in [0.1, 0.15) is 47.5 Å². The summed E-state index contributed by atoms with van der Waals surface area (Å²) < 4.78 is 5.04. The van der Waals surface area contributed by atoms with E-state index in [1.54, 1.807) is 0 Å². The summed E-state index contributed by atoms with van der Waals surface area (Å²) in [5.74, 6) is -0.00528. The topological polar surface area (TPSA) is 26.3 Å². The van der Waals surface area contributed by atoms with Crippen LogP contribution >= 0.6 is 0 Å². The maximum absolute atomic E-state index is 11.6. The highest BCUT2D eigenvalue weighted by atomic mass is 16.5. The minimum atomic E-state index is -0.0446. The summed E-state index contributed by atoms with van der Waals surface area (Å²) in [6.45, 7) is 10.7. The number of esters is 1. The molecule has 2 heteroatoms. The molecule has 0 radical (unpaired) electrons. The Bertz CT molecular complexity index is 156. The molecule has 0 N–H and O–H groups in total. The number of rotatable bonds is 4. The van der Waals surface area contributed by atoms with E-state index in [4.69, 9.17) is 4.74 Å². The van der Waals surface area contributed by atoms with Gasteiger partial charge in [0.05, 0.1) is 12.5 Å². The predicted molar refractivity (Wildman–Crippen MR) is 54.5 cm³/mol. The zero-order valence-corrected chi connectivity index (χ0v) is 9.52. The van der Waals surface area contributed by atoms with Crippen molar-refractivity contribution in [1.29, 1.82) is 0 Å². The quantitative estimate of drug-likeness (QED) is 0.631. The second kappa shape index (κ2) is 5.25. The van der Waals surface area contributed by atoms with Gasteiger partial charge >= 0.3 is 5.97 Å². The summed E-state index contributed by atoms with van der Waals surface area (Å²) in [6, 6.07) is 0. The zero-order chi connectivity index (χ0) is 10.5. The van der Waals surface area contributed by atoms with Crippen LogP contribution in [-0.2, 0) is 9.53 Å². The van der Waals surface area contributed by atoms with E-state index in [1.807, 2.05) is 6.92 Å². The molecule has 0 saturated heterocycles. The molecule has 0 bridgehead atoms. The van der Waals surface area contributed by atoms with Crippen molar-refractivity contribution in [2.45, 2.75) is 47.5 Å². The molecular formula is C11H22O2. The molecule has 13 heavy (non-hydrogen) atoms. The van der Waals surface area contributed by atoms with Crippen LogP contribution in [0.15, 0.2) is 0 Å². The molecule has 0 unspecified atom stereocenters. The first-order valence-electron chi connectivity index (χ1n) is 5.10. The molecule has 0 aliphatic carbocycles. The smallest absolute Gasteiger partial charge is 0.309 e. The van der Waals surface area contributed by atoms with Crippen LogP contribution in [-0.4, -0.2) is 12.6 Å². The molecule has 0 amide bonds. The Morgan fingerprint density at radius 3 is 2.15 bits per heavy atom. The number of ether oxygens (including phenoxy) is 1. The van der Waals surface area contributed by atoms with Gasteiger partial charge in [0.1, 0.15) is 0 Å². The fourth-order valence-corrected chi connectivity index (χ4v) is 1.44. The Kier molecular flexibility index (Phi) is 5.04. The van der Waals surface area contributed by atoms with Crippen LogP contribution in [0.5, 0.6) is 0 Å². The highest BCUT2D eigenvalue weighted by Gasteiger charge is 2.31. The van der Waals surface area contributed by atoms with Crippen molar-refractivity contribution < 1.29 is 9.53 Å². The summed E-state index contributed by atoms with van der Waals surface area (Å²) in [4.78, 5) is 11.6. The monoisotopic (exact) mass is 186 g/mol. The average molecular weight is 186 g/mol. The van der Waals surface area contributed by atoms with Gasteiger partial charge in [0, 0.05) is 0 Å². The maximum atomic E-state index is 11.6. The fraction of sp³-hybridized carbons (Fsp3) is 0.909. The Morgan fingerprint density at radius 2 is 1.85 bits per heavy atom. The van der Waals surface area contributed by atoms with Crippen molar-refractivity contribution in [3.8, 4) is 0 Å². The third-order valence-corrected chi connectivity index (χ3v) is 2.19. The zero-order valence-electron chi connectivity index (χ0n) is 9.52. The van der Waals surface area contributed by atoms with E-state index in [0.29, 0.717) is 6.61 Å². The van der Waals surface area contributed by atoms with Crippen molar-refractivity contribution in [3.05, 3.63) is 0 Å². The van der Waals surface area contributed by atoms with Crippen LogP contribution in [0.3, 0.4) is 0 Å². The normalized spacial score (nSPS) is 13.9. The van der Waals surface area contributed by atoms with Gasteiger partial charge in [-0.3, -0.25) is 4.79 Å². The van der Waals surface area contributed by atoms with Crippen LogP contribution in [0.25, 0.3) is 0 Å². The van der Waals surface area contributed by atoms with E-state index in [-0.39, 0.29) is 17.3 Å². The molecular weight excluding hydrogens is 164 g/mol. The van der Waals surface area contributed by atoms with Gasteiger partial charge in [0.2, 0.25) is 0 Å². The Hall–Kier alpha value is -0.530. The molecule has 0 aliphatic heterocycles. The first-order chi connectivity index (χ1) is 5.93. The summed E-state index contributed by atoms with van der Waals surface area (Å²) in [6.07, 6.45) is 1.95. The molecule has 0 fully saturated rings. The van der Waals surface area contributed by atoms with Crippen molar-refractivity contribution in [2.75, 3.05) is 6.61 Å². The molecule has 1 atom stereocenters. The largest absolute Gasteiger partial charge is 0.466 e. The lowest BCUT2D eigenvalue weighted by Gasteiger charge is -2.28. The first-order valence-corrected chi connectivity index (χ1v) is 5.10. The SMILES string of the molecule is CCC[C@@H](C(=O)OCC)C(C)(C)C. The van der Waals surface area contributed by atoms with E-state index < -0.39 is 0 Å². The molecule has 0 saturated carbocycles. The number of carbonyl (C=O) groups is 1. The lowest BCUT2D eigenvalue weighted by Crippen LogP contribution is -2.30. The van der Waals surface area contributed by atoms with E-state index in [9.17, 15) is 4.79 Å². The third-order valence-electron chi connectivity index (χ3n) is 2.19. The van der Waals surface area contributed by atoms with Crippen molar-refractivity contribution in [3.63, 3.8) is 0 Å². The van der Waals surface area contributed by atoms with Crippen LogP contribution in [0.2, 0.25) is 0 Å². The van der Waals surface area contributed by atoms with Crippen LogP contribution in [0, 0.1) is 11.3 Å². The summed E-state index contributed by atoms with van der Waals surface area (Å²) in [5.41, 5.74) is 0.0161. The van der Waals surface area contributed by atoms with Crippen LogP contribution in [0.4, 0.5) is 0 Å². The lowest BCUT2D eigenvalue weighted by molar-refractivity contribution is -0.152. The van der Waals surface area contributed by atoms with E-state index in [1.165, 1.54) is 0 Å². The highest BCUT2D eigenvalue weighted by molar-refractivity contribution is 5.73. The van der Waals surface area contributed by atoms with Gasteiger partial charge in [0.15, 0.2) is 0 Å². The Morgan fingerprint density at radius 1 is 1.31 bits per heavy atom. The third kappa shape index (κ3) is 4.30. The van der Waals surface area contributed by atoms with Gasteiger partial charge in [-0.2, -0.15) is 0 Å². The molecule has 2 nitrogen and oxygen atoms in total. The minimum Gasteiger partial charge on any atom is -0.466 e. The standard InChI is InChI=1S/C11H22O2/c1-6-8-9(11(3,4)5)10(12)13-7-2/h9H,6-8H2,1-5H3/t9-/m0/s1. The maximum Gasteiger partial charge on any atom is 0.309 e. The van der Waals surface area contributed by atoms with Crippen molar-refractivity contribution >= 4 is 5.97 Å². The molecule has 0 aromatic rings. The Balaban J connectivity index is 4.33. The van der Waals surface area contributed by atoms with Crippen molar-refractivity contribution in [1.82, 2.24) is 0 Å². The first kappa shape index (κ1) is 12.5. The molecule has 0 aromatic carbocycles. The Labute approximate surface area is 81.7 Å². The summed E-state index contributed by atoms with van der Waals surface area (Å²) >= 11 is 0. The predicted octanol–water partition coefficient (Wildman–Crippen LogP) is 3.01. The summed E-state index contributed by atoms with van der Waals surface area (Å²) in [5, 5.41) is 0. The molecule has 78 valence electrons. The van der Waals surface area contributed by atoms with Crippen molar-refractivity contribution in [2.24, 2.45) is 11.3 Å². The molecule has 0 spiro atoms. The van der Waals surface area contributed by atoms with Gasteiger partial charge in [-0.1, -0.05) is 34.1 Å². The van der Waals surface area contributed by atoms with Gasteiger partial charge in [-0.05, 0) is 18.8 Å². The van der Waals surface area contributed by atoms with Gasteiger partial charge in [-0.25, -0.2) is 0 Å². The minimum absolute atomic E-state index is 0.0161. The van der Waals surface area contributed by atoms with E-state index in [0.717, 1.165) is 12.8 Å². The number of hydrogen-bond acceptors (Lipinski definition) is 2.